The summed E-state index contributed by atoms with van der Waals surface area (Å²) in [5, 5.41) is 5.10. The van der Waals surface area contributed by atoms with Gasteiger partial charge in [0.25, 0.3) is 0 Å². The lowest BCUT2D eigenvalue weighted by Gasteiger charge is -2.37. The maximum absolute atomic E-state index is 2.54. The SMILES string of the molecule is C1=CCCC(C2(c3ccccc3)c3ccccc3-c3c(N(c4ccc(-c5cccc(-c6ccc7ccccc7c6)c5)cc4)c4cccc5c4sc4ccccc45)cccc32)=C1. The van der Waals surface area contributed by atoms with Gasteiger partial charge in [-0.1, -0.05) is 188 Å². The molecule has 12 rings (SSSR count). The Labute approximate surface area is 360 Å². The van der Waals surface area contributed by atoms with Gasteiger partial charge in [-0.15, -0.1) is 11.3 Å². The standard InChI is InChI=1S/C59H41NS/c1-3-20-46(21-4-1)59(47-22-5-2-6-23-47)52-27-11-9-25-51(52)57-53(59)28-15-29-54(57)60(55-30-14-26-50-49-24-10-12-31-56(49)61-58(50)55)48-36-34-41(35-37-48)43-18-13-19-44(38-43)45-33-32-40-16-7-8-17-42(40)39-45/h1-5,7-22,24-39H,6,23H2. The van der Waals surface area contributed by atoms with E-state index in [9.17, 15) is 0 Å². The molecule has 1 aromatic heterocycles. The highest BCUT2D eigenvalue weighted by Gasteiger charge is 2.48. The van der Waals surface area contributed by atoms with Crippen LogP contribution in [0, 0.1) is 0 Å². The molecule has 1 heterocycles. The van der Waals surface area contributed by atoms with E-state index in [4.69, 9.17) is 0 Å². The number of fused-ring (bicyclic) bond motifs is 7. The monoisotopic (exact) mass is 795 g/mol. The smallest absolute Gasteiger partial charge is 0.0677 e. The van der Waals surface area contributed by atoms with Gasteiger partial charge in [-0.05, 0) is 111 Å². The zero-order chi connectivity index (χ0) is 40.3. The highest BCUT2D eigenvalue weighted by atomic mass is 32.1. The lowest BCUT2D eigenvalue weighted by atomic mass is 9.65. The lowest BCUT2D eigenvalue weighted by Crippen LogP contribution is -2.30. The van der Waals surface area contributed by atoms with Crippen LogP contribution in [0.2, 0.25) is 0 Å². The molecule has 0 N–H and O–H groups in total. The quantitative estimate of drug-likeness (QED) is 0.155. The molecule has 0 saturated heterocycles. The van der Waals surface area contributed by atoms with Crippen LogP contribution in [0.1, 0.15) is 29.5 Å². The van der Waals surface area contributed by atoms with Crippen molar-refractivity contribution in [2.75, 3.05) is 4.90 Å². The molecule has 1 atom stereocenters. The van der Waals surface area contributed by atoms with Gasteiger partial charge in [-0.2, -0.15) is 0 Å². The van der Waals surface area contributed by atoms with Crippen LogP contribution in [-0.4, -0.2) is 0 Å². The van der Waals surface area contributed by atoms with E-state index in [1.807, 2.05) is 11.3 Å². The normalized spacial score (nSPS) is 15.5. The summed E-state index contributed by atoms with van der Waals surface area (Å²) in [4.78, 5) is 2.54. The topological polar surface area (TPSA) is 3.24 Å². The summed E-state index contributed by atoms with van der Waals surface area (Å²) in [6.45, 7) is 0. The summed E-state index contributed by atoms with van der Waals surface area (Å²) in [7, 11) is 0. The zero-order valence-corrected chi connectivity index (χ0v) is 34.4. The molecular formula is C59H41NS. The van der Waals surface area contributed by atoms with E-state index < -0.39 is 5.41 Å². The molecule has 0 radical (unpaired) electrons. The Morgan fingerprint density at radius 1 is 0.475 bits per heavy atom. The molecule has 61 heavy (non-hydrogen) atoms. The summed E-state index contributed by atoms with van der Waals surface area (Å²) in [6.07, 6.45) is 9.00. The van der Waals surface area contributed by atoms with E-state index in [1.165, 1.54) is 98.0 Å². The molecular weight excluding hydrogens is 755 g/mol. The Hall–Kier alpha value is -7.26. The van der Waals surface area contributed by atoms with Crippen molar-refractivity contribution in [2.45, 2.75) is 18.3 Å². The van der Waals surface area contributed by atoms with Crippen LogP contribution in [0.3, 0.4) is 0 Å². The molecule has 1 unspecified atom stereocenters. The zero-order valence-electron chi connectivity index (χ0n) is 33.6. The molecule has 1 nitrogen and oxygen atoms in total. The number of thiophene rings is 1. The molecule has 0 amide bonds. The van der Waals surface area contributed by atoms with E-state index in [1.54, 1.807) is 0 Å². The second-order valence-electron chi connectivity index (χ2n) is 16.3. The summed E-state index contributed by atoms with van der Waals surface area (Å²) in [5.41, 5.74) is 16.0. The average Bonchev–Trinajstić information content (AvgIpc) is 3.87. The molecule has 9 aromatic carbocycles. The number of hydrogen-bond donors (Lipinski definition) is 0. The molecule has 2 aliphatic rings. The highest BCUT2D eigenvalue weighted by molar-refractivity contribution is 7.26. The molecule has 0 fully saturated rings. The Bertz CT molecular complexity index is 3370. The Balaban J connectivity index is 1.07. The van der Waals surface area contributed by atoms with E-state index in [-0.39, 0.29) is 0 Å². The third-order valence-electron chi connectivity index (χ3n) is 13.0. The van der Waals surface area contributed by atoms with E-state index in [0.717, 1.165) is 18.5 Å². The summed E-state index contributed by atoms with van der Waals surface area (Å²) in [5.74, 6) is 0. The maximum Gasteiger partial charge on any atom is 0.0677 e. The van der Waals surface area contributed by atoms with Gasteiger partial charge in [0, 0.05) is 26.7 Å². The number of anilines is 3. The van der Waals surface area contributed by atoms with Crippen LogP contribution in [0.5, 0.6) is 0 Å². The lowest BCUT2D eigenvalue weighted by molar-refractivity contribution is 0.693. The first-order valence-electron chi connectivity index (χ1n) is 21.3. The highest BCUT2D eigenvalue weighted by Crippen LogP contribution is 2.61. The first-order valence-corrected chi connectivity index (χ1v) is 22.1. The van der Waals surface area contributed by atoms with E-state index in [0.29, 0.717) is 0 Å². The fourth-order valence-electron chi connectivity index (χ4n) is 10.3. The first-order chi connectivity index (χ1) is 30.3. The second kappa shape index (κ2) is 14.5. The van der Waals surface area contributed by atoms with Gasteiger partial charge in [-0.3, -0.25) is 0 Å². The van der Waals surface area contributed by atoms with Gasteiger partial charge >= 0.3 is 0 Å². The van der Waals surface area contributed by atoms with Crippen LogP contribution in [0.25, 0.3) is 64.3 Å². The minimum absolute atomic E-state index is 0.414. The number of nitrogens with zero attached hydrogens (tertiary/aromatic N) is 1. The largest absolute Gasteiger partial charge is 0.308 e. The Morgan fingerprint density at radius 3 is 2.02 bits per heavy atom. The van der Waals surface area contributed by atoms with Gasteiger partial charge in [0.1, 0.15) is 0 Å². The van der Waals surface area contributed by atoms with Crippen LogP contribution >= 0.6 is 11.3 Å². The first kappa shape index (κ1) is 35.7. The molecule has 0 bridgehead atoms. The summed E-state index contributed by atoms with van der Waals surface area (Å²) >= 11 is 1.89. The molecule has 2 heteroatoms. The average molecular weight is 796 g/mol. The van der Waals surface area contributed by atoms with Crippen molar-refractivity contribution < 1.29 is 0 Å². The van der Waals surface area contributed by atoms with Crippen LogP contribution in [0.4, 0.5) is 17.1 Å². The number of benzene rings is 9. The van der Waals surface area contributed by atoms with Gasteiger partial charge in [-0.25, -0.2) is 0 Å². The van der Waals surface area contributed by atoms with Crippen LogP contribution in [0.15, 0.2) is 230 Å². The number of allylic oxidation sites excluding steroid dienone is 4. The van der Waals surface area contributed by atoms with Gasteiger partial charge in [0.2, 0.25) is 0 Å². The van der Waals surface area contributed by atoms with Gasteiger partial charge < -0.3 is 4.90 Å². The van der Waals surface area contributed by atoms with Gasteiger partial charge in [0.05, 0.1) is 21.5 Å². The summed E-state index contributed by atoms with van der Waals surface area (Å²) in [6, 6.07) is 76.7. The molecule has 0 saturated carbocycles. The van der Waals surface area contributed by atoms with Crippen molar-refractivity contribution in [1.82, 2.24) is 0 Å². The fraction of sp³-hybridized carbons (Fsp3) is 0.0508. The van der Waals surface area contributed by atoms with Crippen LogP contribution < -0.4 is 4.90 Å². The minimum Gasteiger partial charge on any atom is -0.308 e. The molecule has 0 aliphatic heterocycles. The third-order valence-corrected chi connectivity index (χ3v) is 14.2. The molecule has 0 spiro atoms. The molecule has 288 valence electrons. The second-order valence-corrected chi connectivity index (χ2v) is 17.3. The number of rotatable bonds is 7. The van der Waals surface area contributed by atoms with Crippen molar-refractivity contribution in [2.24, 2.45) is 0 Å². The van der Waals surface area contributed by atoms with Crippen molar-refractivity contribution >= 4 is 59.3 Å². The summed E-state index contributed by atoms with van der Waals surface area (Å²) < 4.78 is 2.59. The van der Waals surface area contributed by atoms with E-state index in [2.05, 4.69) is 229 Å². The third kappa shape index (κ3) is 5.67. The minimum atomic E-state index is -0.414. The Kier molecular flexibility index (Phi) is 8.47. The van der Waals surface area contributed by atoms with Crippen LogP contribution in [-0.2, 0) is 5.41 Å². The number of hydrogen-bond acceptors (Lipinski definition) is 2. The van der Waals surface area contributed by atoms with Crippen molar-refractivity contribution in [1.29, 1.82) is 0 Å². The Morgan fingerprint density at radius 2 is 1.15 bits per heavy atom. The van der Waals surface area contributed by atoms with Crippen molar-refractivity contribution in [3.05, 3.63) is 247 Å². The van der Waals surface area contributed by atoms with Crippen molar-refractivity contribution in [3.8, 4) is 33.4 Å². The maximum atomic E-state index is 2.54. The molecule has 2 aliphatic carbocycles. The molecule has 10 aromatic rings. The van der Waals surface area contributed by atoms with E-state index >= 15 is 0 Å². The predicted molar refractivity (Wildman–Crippen MR) is 261 cm³/mol. The van der Waals surface area contributed by atoms with Crippen molar-refractivity contribution in [3.63, 3.8) is 0 Å². The predicted octanol–water partition coefficient (Wildman–Crippen LogP) is 16.6. The fourth-order valence-corrected chi connectivity index (χ4v) is 11.5. The van der Waals surface area contributed by atoms with Gasteiger partial charge in [0.15, 0.2) is 0 Å².